The Morgan fingerprint density at radius 3 is 2.65 bits per heavy atom. The lowest BCUT2D eigenvalue weighted by Crippen LogP contribution is -2.25. The highest BCUT2D eigenvalue weighted by Crippen LogP contribution is 2.16. The minimum atomic E-state index is -4.18. The molecule has 0 fully saturated rings. The molecule has 4 nitrogen and oxygen atoms in total. The molecule has 0 spiro atoms. The molecule has 0 saturated heterocycles. The van der Waals surface area contributed by atoms with Gasteiger partial charge in [-0.15, -0.1) is 0 Å². The zero-order chi connectivity index (χ0) is 16.9. The van der Waals surface area contributed by atoms with E-state index in [9.17, 15) is 17.2 Å². The SMILES string of the molecule is COc1ccccc1C#CCNS(=O)(=O)c1cc(F)ccc1F. The van der Waals surface area contributed by atoms with E-state index in [1.54, 1.807) is 24.3 Å². The summed E-state index contributed by atoms with van der Waals surface area (Å²) in [6.07, 6.45) is 0. The Morgan fingerprint density at radius 1 is 1.17 bits per heavy atom. The van der Waals surface area contributed by atoms with Crippen molar-refractivity contribution in [3.8, 4) is 17.6 Å². The fourth-order valence-corrected chi connectivity index (χ4v) is 2.79. The van der Waals surface area contributed by atoms with Gasteiger partial charge in [-0.25, -0.2) is 17.2 Å². The molecular formula is C16H13F2NO3S. The molecule has 0 radical (unpaired) electrons. The summed E-state index contributed by atoms with van der Waals surface area (Å²) in [4.78, 5) is -0.753. The van der Waals surface area contributed by atoms with Crippen molar-refractivity contribution in [3.05, 3.63) is 59.7 Å². The van der Waals surface area contributed by atoms with Crippen LogP contribution in [0.4, 0.5) is 8.78 Å². The van der Waals surface area contributed by atoms with Crippen molar-refractivity contribution in [1.82, 2.24) is 4.72 Å². The van der Waals surface area contributed by atoms with Gasteiger partial charge in [0.2, 0.25) is 10.0 Å². The zero-order valence-corrected chi connectivity index (χ0v) is 13.0. The van der Waals surface area contributed by atoms with Crippen molar-refractivity contribution < 1.29 is 21.9 Å². The minimum Gasteiger partial charge on any atom is -0.495 e. The maximum Gasteiger partial charge on any atom is 0.244 e. The second-order valence-corrected chi connectivity index (χ2v) is 6.14. The third kappa shape index (κ3) is 4.28. The highest BCUT2D eigenvalue weighted by atomic mass is 32.2. The Morgan fingerprint density at radius 2 is 1.91 bits per heavy atom. The number of methoxy groups -OCH3 is 1. The molecule has 2 aromatic rings. The van der Waals surface area contributed by atoms with Crippen LogP contribution in [-0.2, 0) is 10.0 Å². The van der Waals surface area contributed by atoms with Crippen molar-refractivity contribution >= 4 is 10.0 Å². The number of rotatable bonds is 4. The summed E-state index contributed by atoms with van der Waals surface area (Å²) in [6.45, 7) is -0.254. The molecule has 7 heteroatoms. The number of nitrogens with one attached hydrogen (secondary N) is 1. The number of hydrogen-bond acceptors (Lipinski definition) is 3. The molecule has 23 heavy (non-hydrogen) atoms. The van der Waals surface area contributed by atoms with Gasteiger partial charge in [-0.3, -0.25) is 0 Å². The van der Waals surface area contributed by atoms with Gasteiger partial charge in [-0.2, -0.15) is 4.72 Å². The maximum absolute atomic E-state index is 13.5. The number of ether oxygens (including phenoxy) is 1. The van der Waals surface area contributed by atoms with Gasteiger partial charge in [-0.1, -0.05) is 24.0 Å². The largest absolute Gasteiger partial charge is 0.495 e. The summed E-state index contributed by atoms with van der Waals surface area (Å²) in [5, 5.41) is 0. The van der Waals surface area contributed by atoms with E-state index in [0.29, 0.717) is 17.4 Å². The van der Waals surface area contributed by atoms with Gasteiger partial charge in [0.25, 0.3) is 0 Å². The van der Waals surface area contributed by atoms with Crippen LogP contribution in [0.2, 0.25) is 0 Å². The summed E-state index contributed by atoms with van der Waals surface area (Å²) < 4.78 is 57.6. The van der Waals surface area contributed by atoms with E-state index in [2.05, 4.69) is 16.6 Å². The molecule has 1 N–H and O–H groups in total. The van der Waals surface area contributed by atoms with Gasteiger partial charge < -0.3 is 4.74 Å². The Kier molecular flexibility index (Phi) is 5.32. The molecule has 0 aliphatic heterocycles. The summed E-state index contributed by atoms with van der Waals surface area (Å²) >= 11 is 0. The van der Waals surface area contributed by atoms with Crippen LogP contribution in [0.25, 0.3) is 0 Å². The number of sulfonamides is 1. The van der Waals surface area contributed by atoms with Gasteiger partial charge in [0.05, 0.1) is 19.2 Å². The fourth-order valence-electron chi connectivity index (χ4n) is 1.78. The zero-order valence-electron chi connectivity index (χ0n) is 12.1. The maximum atomic E-state index is 13.5. The van der Waals surface area contributed by atoms with E-state index in [1.807, 2.05) is 0 Å². The molecule has 0 aliphatic rings. The highest BCUT2D eigenvalue weighted by Gasteiger charge is 2.18. The number of hydrogen-bond donors (Lipinski definition) is 1. The third-order valence-corrected chi connectivity index (χ3v) is 4.28. The molecule has 0 aromatic heterocycles. The Balaban J connectivity index is 2.12. The van der Waals surface area contributed by atoms with Gasteiger partial charge in [0.15, 0.2) is 0 Å². The Hall–Kier alpha value is -2.43. The first kappa shape index (κ1) is 16.9. The van der Waals surface area contributed by atoms with Crippen molar-refractivity contribution in [2.45, 2.75) is 4.90 Å². The second-order valence-electron chi connectivity index (χ2n) is 4.40. The van der Waals surface area contributed by atoms with E-state index in [1.165, 1.54) is 7.11 Å². The standard InChI is InChI=1S/C16H13F2NO3S/c1-22-15-7-3-2-5-12(15)6-4-10-19-23(20,21)16-11-13(17)8-9-14(16)18/h2-3,5,7-9,11,19H,10H2,1H3. The van der Waals surface area contributed by atoms with Gasteiger partial charge >= 0.3 is 0 Å². The molecule has 2 rings (SSSR count). The predicted octanol–water partition coefficient (Wildman–Crippen LogP) is 2.30. The van der Waals surface area contributed by atoms with Crippen LogP contribution in [0.1, 0.15) is 5.56 Å². The number of para-hydroxylation sites is 1. The van der Waals surface area contributed by atoms with Crippen LogP contribution < -0.4 is 9.46 Å². The normalized spacial score (nSPS) is 10.7. The van der Waals surface area contributed by atoms with E-state index < -0.39 is 26.6 Å². The topological polar surface area (TPSA) is 55.4 Å². The predicted molar refractivity (Wildman–Crippen MR) is 81.4 cm³/mol. The summed E-state index contributed by atoms with van der Waals surface area (Å²) in [6, 6.07) is 9.19. The minimum absolute atomic E-state index is 0.254. The molecule has 120 valence electrons. The van der Waals surface area contributed by atoms with Crippen molar-refractivity contribution in [2.24, 2.45) is 0 Å². The molecule has 0 aliphatic carbocycles. The lowest BCUT2D eigenvalue weighted by atomic mass is 10.2. The first-order valence-electron chi connectivity index (χ1n) is 6.50. The lowest BCUT2D eigenvalue weighted by Gasteiger charge is -2.05. The van der Waals surface area contributed by atoms with Crippen LogP contribution in [0, 0.1) is 23.5 Å². The molecule has 0 unspecified atom stereocenters. The summed E-state index contributed by atoms with van der Waals surface area (Å²) in [5.41, 5.74) is 0.589. The summed E-state index contributed by atoms with van der Waals surface area (Å²) in [5.74, 6) is 4.03. The first-order chi connectivity index (χ1) is 10.9. The Labute approximate surface area is 133 Å². The average Bonchev–Trinajstić information content (AvgIpc) is 2.54. The molecule has 0 heterocycles. The quantitative estimate of drug-likeness (QED) is 0.871. The van der Waals surface area contributed by atoms with Crippen molar-refractivity contribution in [2.75, 3.05) is 13.7 Å². The van der Waals surface area contributed by atoms with Crippen LogP contribution in [-0.4, -0.2) is 22.1 Å². The van der Waals surface area contributed by atoms with Crippen LogP contribution >= 0.6 is 0 Å². The molecule has 0 atom stereocenters. The molecule has 2 aromatic carbocycles. The highest BCUT2D eigenvalue weighted by molar-refractivity contribution is 7.89. The number of benzene rings is 2. The van der Waals surface area contributed by atoms with Gasteiger partial charge in [-0.05, 0) is 30.3 Å². The van der Waals surface area contributed by atoms with E-state index in [4.69, 9.17) is 4.74 Å². The smallest absolute Gasteiger partial charge is 0.244 e. The fraction of sp³-hybridized carbons (Fsp3) is 0.125. The molecule has 0 saturated carbocycles. The molecule has 0 bridgehead atoms. The molecule has 0 amide bonds. The lowest BCUT2D eigenvalue weighted by molar-refractivity contribution is 0.413. The second kappa shape index (κ2) is 7.22. The van der Waals surface area contributed by atoms with Gasteiger partial charge in [0.1, 0.15) is 22.3 Å². The number of halogens is 2. The van der Waals surface area contributed by atoms with Gasteiger partial charge in [0, 0.05) is 0 Å². The molecular weight excluding hydrogens is 324 g/mol. The van der Waals surface area contributed by atoms with Crippen LogP contribution in [0.3, 0.4) is 0 Å². The third-order valence-electron chi connectivity index (χ3n) is 2.86. The van der Waals surface area contributed by atoms with Crippen molar-refractivity contribution in [3.63, 3.8) is 0 Å². The monoisotopic (exact) mass is 337 g/mol. The van der Waals surface area contributed by atoms with Crippen LogP contribution in [0.15, 0.2) is 47.4 Å². The van der Waals surface area contributed by atoms with E-state index in [-0.39, 0.29) is 6.54 Å². The van der Waals surface area contributed by atoms with Crippen molar-refractivity contribution in [1.29, 1.82) is 0 Å². The first-order valence-corrected chi connectivity index (χ1v) is 7.99. The average molecular weight is 337 g/mol. The van der Waals surface area contributed by atoms with Crippen LogP contribution in [0.5, 0.6) is 5.75 Å². The van der Waals surface area contributed by atoms with E-state index in [0.717, 1.165) is 12.1 Å². The Bertz CT molecular complexity index is 870. The van der Waals surface area contributed by atoms with E-state index >= 15 is 0 Å². The summed E-state index contributed by atoms with van der Waals surface area (Å²) in [7, 11) is -2.69.